The predicted molar refractivity (Wildman–Crippen MR) is 140 cm³/mol. The third kappa shape index (κ3) is 3.79. The molecule has 2 saturated heterocycles. The number of hydrogen-bond acceptors (Lipinski definition) is 6. The first-order valence-electron chi connectivity index (χ1n) is 13.1. The Morgan fingerprint density at radius 3 is 2.34 bits per heavy atom. The number of aryl methyl sites for hydroxylation is 1. The number of ketones is 1. The van der Waals surface area contributed by atoms with Crippen LogP contribution in [0.2, 0.25) is 0 Å². The molecule has 2 fully saturated rings. The van der Waals surface area contributed by atoms with Gasteiger partial charge in [0, 0.05) is 30.3 Å². The molecule has 4 heterocycles. The van der Waals surface area contributed by atoms with Crippen molar-refractivity contribution in [1.29, 1.82) is 0 Å². The molecule has 4 aromatic rings. The van der Waals surface area contributed by atoms with Gasteiger partial charge in [0.15, 0.2) is 11.4 Å². The van der Waals surface area contributed by atoms with Gasteiger partial charge in [-0.25, -0.2) is 14.3 Å². The van der Waals surface area contributed by atoms with Gasteiger partial charge in [-0.15, -0.1) is 0 Å². The highest BCUT2D eigenvalue weighted by molar-refractivity contribution is 5.97. The van der Waals surface area contributed by atoms with Crippen LogP contribution in [0.15, 0.2) is 67.0 Å². The SMILES string of the molecule is Cc1cc2ncc(C(=O)C3CC4COCC(C3)N4C(=O)OCC3c4ccccc4-c4ccccc43)cn2n1. The van der Waals surface area contributed by atoms with Crippen LogP contribution in [-0.2, 0) is 9.47 Å². The second kappa shape index (κ2) is 9.06. The number of hydrogen-bond donors (Lipinski definition) is 0. The zero-order valence-corrected chi connectivity index (χ0v) is 21.1. The van der Waals surface area contributed by atoms with Crippen LogP contribution in [0.3, 0.4) is 0 Å². The molecular formula is C30H28N4O4. The first-order valence-corrected chi connectivity index (χ1v) is 13.1. The van der Waals surface area contributed by atoms with E-state index in [1.807, 2.05) is 42.2 Å². The number of carbonyl (C=O) groups excluding carboxylic acids is 2. The Balaban J connectivity index is 1.06. The fraction of sp³-hybridized carbons (Fsp3) is 0.333. The fourth-order valence-electron chi connectivity index (χ4n) is 6.45. The molecule has 2 aromatic carbocycles. The smallest absolute Gasteiger partial charge is 0.410 e. The highest BCUT2D eigenvalue weighted by Gasteiger charge is 2.45. The number of fused-ring (bicyclic) bond motifs is 6. The van der Waals surface area contributed by atoms with Gasteiger partial charge in [-0.2, -0.15) is 5.10 Å². The lowest BCUT2D eigenvalue weighted by atomic mass is 9.81. The summed E-state index contributed by atoms with van der Waals surface area (Å²) in [7, 11) is 0. The van der Waals surface area contributed by atoms with Crippen molar-refractivity contribution in [2.75, 3.05) is 19.8 Å². The fourth-order valence-corrected chi connectivity index (χ4v) is 6.45. The molecule has 2 aliphatic heterocycles. The van der Waals surface area contributed by atoms with Crippen molar-refractivity contribution >= 4 is 17.5 Å². The maximum atomic E-state index is 13.4. The van der Waals surface area contributed by atoms with E-state index in [1.54, 1.807) is 16.9 Å². The van der Waals surface area contributed by atoms with E-state index in [-0.39, 0.29) is 42.4 Å². The van der Waals surface area contributed by atoms with Crippen molar-refractivity contribution in [3.63, 3.8) is 0 Å². The topological polar surface area (TPSA) is 86.0 Å². The van der Waals surface area contributed by atoms with Crippen molar-refractivity contribution in [3.8, 4) is 11.1 Å². The number of nitrogens with zero attached hydrogens (tertiary/aromatic N) is 4. The molecule has 2 bridgehead atoms. The van der Waals surface area contributed by atoms with E-state index in [0.29, 0.717) is 31.6 Å². The van der Waals surface area contributed by atoms with Crippen molar-refractivity contribution in [2.24, 2.45) is 5.92 Å². The monoisotopic (exact) mass is 508 g/mol. The molecule has 3 aliphatic rings. The number of Topliss-reactive ketones (excluding diaryl/α,β-unsaturated/α-hetero) is 1. The molecule has 2 atom stereocenters. The maximum absolute atomic E-state index is 13.4. The molecule has 7 rings (SSSR count). The maximum Gasteiger partial charge on any atom is 0.410 e. The average molecular weight is 509 g/mol. The molecule has 1 amide bonds. The number of amides is 1. The largest absolute Gasteiger partial charge is 0.448 e. The molecule has 2 unspecified atom stereocenters. The number of rotatable bonds is 4. The number of benzene rings is 2. The Hall–Kier alpha value is -4.04. The van der Waals surface area contributed by atoms with Crippen molar-refractivity contribution in [1.82, 2.24) is 19.5 Å². The first-order chi connectivity index (χ1) is 18.6. The lowest BCUT2D eigenvalue weighted by Gasteiger charge is -2.47. The molecule has 0 N–H and O–H groups in total. The van der Waals surface area contributed by atoms with Crippen LogP contribution in [0, 0.1) is 12.8 Å². The van der Waals surface area contributed by atoms with Crippen molar-refractivity contribution in [2.45, 2.75) is 37.8 Å². The van der Waals surface area contributed by atoms with Crippen LogP contribution >= 0.6 is 0 Å². The Labute approximate surface area is 220 Å². The summed E-state index contributed by atoms with van der Waals surface area (Å²) < 4.78 is 13.4. The summed E-state index contributed by atoms with van der Waals surface area (Å²) in [6.07, 6.45) is 4.13. The molecule has 0 radical (unpaired) electrons. The predicted octanol–water partition coefficient (Wildman–Crippen LogP) is 4.65. The quantitative estimate of drug-likeness (QED) is 0.373. The Bertz CT molecular complexity index is 1500. The zero-order chi connectivity index (χ0) is 25.8. The first kappa shape index (κ1) is 23.1. The molecule has 2 aromatic heterocycles. The summed E-state index contributed by atoms with van der Waals surface area (Å²) in [5.74, 6) is -0.158. The molecule has 1 aliphatic carbocycles. The second-order valence-electron chi connectivity index (χ2n) is 10.5. The summed E-state index contributed by atoms with van der Waals surface area (Å²) in [6.45, 7) is 2.98. The number of ether oxygens (including phenoxy) is 2. The van der Waals surface area contributed by atoms with Gasteiger partial charge in [-0.3, -0.25) is 9.69 Å². The van der Waals surface area contributed by atoms with E-state index >= 15 is 0 Å². The lowest BCUT2D eigenvalue weighted by Crippen LogP contribution is -2.60. The molecule has 192 valence electrons. The highest BCUT2D eigenvalue weighted by atomic mass is 16.6. The number of piperidine rings is 1. The van der Waals surface area contributed by atoms with Crippen molar-refractivity contribution < 1.29 is 19.1 Å². The van der Waals surface area contributed by atoms with E-state index in [0.717, 1.165) is 11.3 Å². The van der Waals surface area contributed by atoms with E-state index in [1.165, 1.54) is 22.3 Å². The summed E-state index contributed by atoms with van der Waals surface area (Å²) >= 11 is 0. The minimum atomic E-state index is -0.328. The molecule has 0 saturated carbocycles. The molecule has 38 heavy (non-hydrogen) atoms. The van der Waals surface area contributed by atoms with E-state index < -0.39 is 0 Å². The third-order valence-corrected chi connectivity index (χ3v) is 8.16. The summed E-state index contributed by atoms with van der Waals surface area (Å²) in [5.41, 5.74) is 6.89. The van der Waals surface area contributed by atoms with Gasteiger partial charge in [0.1, 0.15) is 6.61 Å². The van der Waals surface area contributed by atoms with Gasteiger partial charge in [0.25, 0.3) is 0 Å². The minimum Gasteiger partial charge on any atom is -0.448 e. The van der Waals surface area contributed by atoms with E-state index in [9.17, 15) is 9.59 Å². The zero-order valence-electron chi connectivity index (χ0n) is 21.1. The van der Waals surface area contributed by atoms with E-state index in [4.69, 9.17) is 9.47 Å². The van der Waals surface area contributed by atoms with Crippen molar-refractivity contribution in [3.05, 3.63) is 89.4 Å². The van der Waals surface area contributed by atoms with Gasteiger partial charge in [-0.05, 0) is 42.0 Å². The Morgan fingerprint density at radius 1 is 1.00 bits per heavy atom. The third-order valence-electron chi connectivity index (χ3n) is 8.16. The molecule has 0 spiro atoms. The van der Waals surface area contributed by atoms with Gasteiger partial charge < -0.3 is 9.47 Å². The van der Waals surface area contributed by atoms with Crippen LogP contribution in [0.25, 0.3) is 16.8 Å². The Kier molecular flexibility index (Phi) is 5.51. The van der Waals surface area contributed by atoms with Gasteiger partial charge >= 0.3 is 6.09 Å². The molecular weight excluding hydrogens is 480 g/mol. The number of carbonyl (C=O) groups is 2. The molecule has 8 nitrogen and oxygen atoms in total. The standard InChI is InChI=1S/C30H28N4O4/c1-18-10-28-31-13-20(14-33(28)32-18)29(35)19-11-21-15-37-16-22(12-19)34(21)30(36)38-17-27-25-8-4-2-6-23(25)24-7-3-5-9-26(24)27/h2-10,13-14,19,21-22,27H,11-12,15-17H2,1H3. The summed E-state index contributed by atoms with van der Waals surface area (Å²) in [4.78, 5) is 33.1. The van der Waals surface area contributed by atoms with Gasteiger partial charge in [0.2, 0.25) is 0 Å². The average Bonchev–Trinajstić information content (AvgIpc) is 3.46. The normalized spacial score (nSPS) is 22.2. The van der Waals surface area contributed by atoms with Gasteiger partial charge in [-0.1, -0.05) is 48.5 Å². The molecule has 8 heteroatoms. The highest BCUT2D eigenvalue weighted by Crippen LogP contribution is 2.44. The second-order valence-corrected chi connectivity index (χ2v) is 10.5. The number of morpholine rings is 1. The lowest BCUT2D eigenvalue weighted by molar-refractivity contribution is -0.0747. The van der Waals surface area contributed by atoms with Crippen LogP contribution in [0.4, 0.5) is 4.79 Å². The van der Waals surface area contributed by atoms with E-state index in [2.05, 4.69) is 34.3 Å². The number of aromatic nitrogens is 3. The van der Waals surface area contributed by atoms with Crippen LogP contribution in [0.5, 0.6) is 0 Å². The Morgan fingerprint density at radius 2 is 1.66 bits per heavy atom. The minimum absolute atomic E-state index is 0.00917. The summed E-state index contributed by atoms with van der Waals surface area (Å²) in [6, 6.07) is 18.1. The van der Waals surface area contributed by atoms with Crippen LogP contribution in [0.1, 0.15) is 45.9 Å². The van der Waals surface area contributed by atoms with Crippen LogP contribution in [-0.4, -0.2) is 63.3 Å². The van der Waals surface area contributed by atoms with Gasteiger partial charge in [0.05, 0.1) is 36.6 Å². The summed E-state index contributed by atoms with van der Waals surface area (Å²) in [5, 5.41) is 4.39. The van der Waals surface area contributed by atoms with Crippen LogP contribution < -0.4 is 0 Å².